The highest BCUT2D eigenvalue weighted by Gasteiger charge is 2.46. The van der Waals surface area contributed by atoms with Gasteiger partial charge in [-0.2, -0.15) is 5.26 Å². The lowest BCUT2D eigenvalue weighted by Gasteiger charge is -2.35. The molecule has 106 valence electrons. The Labute approximate surface area is 124 Å². The van der Waals surface area contributed by atoms with E-state index < -0.39 is 5.41 Å². The maximum Gasteiger partial charge on any atom is 0.243 e. The van der Waals surface area contributed by atoms with Gasteiger partial charge in [0.15, 0.2) is 0 Å². The third-order valence-corrected chi connectivity index (χ3v) is 5.35. The summed E-state index contributed by atoms with van der Waals surface area (Å²) in [5.41, 5.74) is -0.738. The zero-order valence-electron chi connectivity index (χ0n) is 11.7. The summed E-state index contributed by atoms with van der Waals surface area (Å²) in [7, 11) is 0. The van der Waals surface area contributed by atoms with Crippen LogP contribution in [0, 0.1) is 16.7 Å². The highest BCUT2D eigenvalue weighted by molar-refractivity contribution is 7.09. The molecule has 1 aromatic rings. The van der Waals surface area contributed by atoms with Crippen molar-refractivity contribution in [2.24, 2.45) is 5.41 Å². The Morgan fingerprint density at radius 3 is 2.70 bits per heavy atom. The van der Waals surface area contributed by atoms with E-state index in [9.17, 15) is 10.1 Å². The number of thiophene rings is 1. The normalized spacial score (nSPS) is 21.1. The van der Waals surface area contributed by atoms with E-state index in [1.807, 2.05) is 16.3 Å². The van der Waals surface area contributed by atoms with Crippen molar-refractivity contribution in [3.8, 4) is 6.07 Å². The number of carbonyl (C=O) groups excluding carboxylic acids is 1. The van der Waals surface area contributed by atoms with Crippen molar-refractivity contribution in [1.29, 1.82) is 5.26 Å². The molecule has 0 aromatic carbocycles. The first-order valence-electron chi connectivity index (χ1n) is 7.50. The number of hydrogen-bond acceptors (Lipinski definition) is 3. The second-order valence-electron chi connectivity index (χ2n) is 6.00. The molecule has 2 aliphatic carbocycles. The van der Waals surface area contributed by atoms with Crippen LogP contribution in [-0.4, -0.2) is 16.8 Å². The average molecular weight is 288 g/mol. The zero-order chi connectivity index (χ0) is 14.0. The predicted molar refractivity (Wildman–Crippen MR) is 79.0 cm³/mol. The van der Waals surface area contributed by atoms with Crippen molar-refractivity contribution in [3.05, 3.63) is 22.4 Å². The first-order chi connectivity index (χ1) is 9.75. The average Bonchev–Trinajstić information content (AvgIpc) is 3.21. The van der Waals surface area contributed by atoms with E-state index in [1.54, 1.807) is 11.3 Å². The third kappa shape index (κ3) is 2.60. The summed E-state index contributed by atoms with van der Waals surface area (Å²) in [6.07, 6.45) is 6.86. The number of rotatable bonds is 4. The van der Waals surface area contributed by atoms with Gasteiger partial charge in [0.2, 0.25) is 5.91 Å². The molecule has 0 unspecified atom stereocenters. The van der Waals surface area contributed by atoms with E-state index >= 15 is 0 Å². The van der Waals surface area contributed by atoms with Crippen LogP contribution >= 0.6 is 11.3 Å². The summed E-state index contributed by atoms with van der Waals surface area (Å²) < 4.78 is 0. The lowest BCUT2D eigenvalue weighted by Crippen LogP contribution is -2.45. The van der Waals surface area contributed by atoms with Gasteiger partial charge < -0.3 is 4.90 Å². The van der Waals surface area contributed by atoms with E-state index in [0.29, 0.717) is 12.6 Å². The lowest BCUT2D eigenvalue weighted by molar-refractivity contribution is -0.141. The maximum atomic E-state index is 13.0. The van der Waals surface area contributed by atoms with Crippen molar-refractivity contribution in [1.82, 2.24) is 4.90 Å². The van der Waals surface area contributed by atoms with Crippen LogP contribution in [0.3, 0.4) is 0 Å². The van der Waals surface area contributed by atoms with Gasteiger partial charge in [0.1, 0.15) is 5.41 Å². The SMILES string of the molecule is N#CC1(C(=O)N(Cc2cccs2)C2CC2)CCCCC1. The molecule has 0 bridgehead atoms. The molecule has 0 aliphatic heterocycles. The van der Waals surface area contributed by atoms with E-state index in [1.165, 1.54) is 4.88 Å². The molecule has 1 heterocycles. The summed E-state index contributed by atoms with van der Waals surface area (Å²) in [5, 5.41) is 11.6. The fraction of sp³-hybridized carbons (Fsp3) is 0.625. The molecule has 0 saturated heterocycles. The first kappa shape index (κ1) is 13.6. The summed E-state index contributed by atoms with van der Waals surface area (Å²) in [6, 6.07) is 6.84. The molecular formula is C16H20N2OS. The van der Waals surface area contributed by atoms with Crippen LogP contribution in [0.4, 0.5) is 0 Å². The molecule has 3 nitrogen and oxygen atoms in total. The molecule has 0 radical (unpaired) electrons. The lowest BCUT2D eigenvalue weighted by atomic mass is 9.74. The van der Waals surface area contributed by atoms with E-state index in [4.69, 9.17) is 0 Å². The Kier molecular flexibility index (Phi) is 3.80. The van der Waals surface area contributed by atoms with Gasteiger partial charge in [-0.25, -0.2) is 0 Å². The van der Waals surface area contributed by atoms with Gasteiger partial charge in [-0.1, -0.05) is 25.3 Å². The molecule has 2 fully saturated rings. The fourth-order valence-corrected chi connectivity index (χ4v) is 3.83. The van der Waals surface area contributed by atoms with Gasteiger partial charge in [0.25, 0.3) is 0 Å². The van der Waals surface area contributed by atoms with Crippen LogP contribution < -0.4 is 0 Å². The van der Waals surface area contributed by atoms with Gasteiger partial charge in [-0.3, -0.25) is 4.79 Å². The van der Waals surface area contributed by atoms with Crippen molar-refractivity contribution in [2.75, 3.05) is 0 Å². The molecule has 2 aliphatic rings. The van der Waals surface area contributed by atoms with Gasteiger partial charge in [0.05, 0.1) is 12.6 Å². The number of nitriles is 1. The number of amides is 1. The molecule has 0 spiro atoms. The predicted octanol–water partition coefficient (Wildman–Crippen LogP) is 3.71. The van der Waals surface area contributed by atoms with Crippen LogP contribution in [0.25, 0.3) is 0 Å². The van der Waals surface area contributed by atoms with Crippen LogP contribution in [0.15, 0.2) is 17.5 Å². The Hall–Kier alpha value is -1.34. The molecule has 0 N–H and O–H groups in total. The molecule has 1 aromatic heterocycles. The van der Waals surface area contributed by atoms with Gasteiger partial charge in [-0.05, 0) is 37.1 Å². The molecule has 0 atom stereocenters. The molecule has 20 heavy (non-hydrogen) atoms. The van der Waals surface area contributed by atoms with Gasteiger partial charge in [-0.15, -0.1) is 11.3 Å². The largest absolute Gasteiger partial charge is 0.333 e. The number of carbonyl (C=O) groups is 1. The van der Waals surface area contributed by atoms with Gasteiger partial charge >= 0.3 is 0 Å². The quantitative estimate of drug-likeness (QED) is 0.847. The summed E-state index contributed by atoms with van der Waals surface area (Å²) in [4.78, 5) is 16.2. The monoisotopic (exact) mass is 288 g/mol. The number of nitrogens with zero attached hydrogens (tertiary/aromatic N) is 2. The fourth-order valence-electron chi connectivity index (χ4n) is 3.13. The van der Waals surface area contributed by atoms with E-state index in [-0.39, 0.29) is 5.91 Å². The van der Waals surface area contributed by atoms with Crippen LogP contribution in [-0.2, 0) is 11.3 Å². The minimum absolute atomic E-state index is 0.0931. The Balaban J connectivity index is 1.79. The van der Waals surface area contributed by atoms with Crippen LogP contribution in [0.1, 0.15) is 49.8 Å². The standard InChI is InChI=1S/C16H20N2OS/c17-12-16(8-2-1-3-9-16)15(19)18(13-6-7-13)11-14-5-4-10-20-14/h4-5,10,13H,1-3,6-9,11H2. The third-order valence-electron chi connectivity index (χ3n) is 4.49. The topological polar surface area (TPSA) is 44.1 Å². The molecule has 2 saturated carbocycles. The van der Waals surface area contributed by atoms with E-state index in [2.05, 4.69) is 12.1 Å². The summed E-state index contributed by atoms with van der Waals surface area (Å²) in [6.45, 7) is 0.685. The van der Waals surface area contributed by atoms with Crippen molar-refractivity contribution >= 4 is 17.2 Å². The maximum absolute atomic E-state index is 13.0. The molecule has 4 heteroatoms. The zero-order valence-corrected chi connectivity index (χ0v) is 12.5. The Morgan fingerprint density at radius 2 is 2.15 bits per heavy atom. The first-order valence-corrected chi connectivity index (χ1v) is 8.38. The Bertz CT molecular complexity index is 507. The highest BCUT2D eigenvalue weighted by Crippen LogP contribution is 2.41. The summed E-state index contributed by atoms with van der Waals surface area (Å²) in [5.74, 6) is 0.0931. The van der Waals surface area contributed by atoms with Crippen LogP contribution in [0.5, 0.6) is 0 Å². The number of hydrogen-bond donors (Lipinski definition) is 0. The van der Waals surface area contributed by atoms with Crippen molar-refractivity contribution in [3.63, 3.8) is 0 Å². The molecule has 3 rings (SSSR count). The Morgan fingerprint density at radius 1 is 1.40 bits per heavy atom. The van der Waals surface area contributed by atoms with Gasteiger partial charge in [0, 0.05) is 10.9 Å². The smallest absolute Gasteiger partial charge is 0.243 e. The van der Waals surface area contributed by atoms with Crippen molar-refractivity contribution in [2.45, 2.75) is 57.5 Å². The summed E-state index contributed by atoms with van der Waals surface area (Å²) >= 11 is 1.69. The second kappa shape index (κ2) is 5.57. The van der Waals surface area contributed by atoms with Crippen LogP contribution in [0.2, 0.25) is 0 Å². The van der Waals surface area contributed by atoms with Crippen molar-refractivity contribution < 1.29 is 4.79 Å². The molecular weight excluding hydrogens is 268 g/mol. The minimum atomic E-state index is -0.738. The van der Waals surface area contributed by atoms with E-state index in [0.717, 1.165) is 44.9 Å². The highest BCUT2D eigenvalue weighted by atomic mass is 32.1. The molecule has 1 amide bonds. The second-order valence-corrected chi connectivity index (χ2v) is 7.03. The minimum Gasteiger partial charge on any atom is -0.333 e.